The van der Waals surface area contributed by atoms with Crippen LogP contribution >= 0.6 is 0 Å². The summed E-state index contributed by atoms with van der Waals surface area (Å²) in [6.45, 7) is 5.77. The van der Waals surface area contributed by atoms with Crippen LogP contribution in [0.1, 0.15) is 68.2 Å². The van der Waals surface area contributed by atoms with Crippen LogP contribution < -0.4 is 0 Å². The van der Waals surface area contributed by atoms with Gasteiger partial charge in [0.1, 0.15) is 0 Å². The number of rotatable bonds is 11. The summed E-state index contributed by atoms with van der Waals surface area (Å²) in [5.74, 6) is -0.156. The molecule has 1 aliphatic carbocycles. The molecule has 0 aromatic heterocycles. The van der Waals surface area contributed by atoms with Crippen LogP contribution in [0.5, 0.6) is 0 Å². The second-order valence-electron chi connectivity index (χ2n) is 9.77. The maximum Gasteiger partial charge on any atom is 0.417 e. The molecule has 0 saturated heterocycles. The molecule has 2 unspecified atom stereocenters. The highest BCUT2D eigenvalue weighted by Gasteiger charge is 2.49. The third-order valence-electron chi connectivity index (χ3n) is 7.24. The number of hydrogen-bond donors (Lipinski definition) is 0. The summed E-state index contributed by atoms with van der Waals surface area (Å²) in [6, 6.07) is 14.5. The first-order valence-electron chi connectivity index (χ1n) is 12.4. The van der Waals surface area contributed by atoms with Crippen LogP contribution in [-0.2, 0) is 24.2 Å². The highest BCUT2D eigenvalue weighted by molar-refractivity contribution is 5.43. The fraction of sp³-hybridized carbons (Fsp3) is 0.536. The van der Waals surface area contributed by atoms with Crippen molar-refractivity contribution in [2.45, 2.75) is 76.2 Å². The number of halogens is 6. The lowest BCUT2D eigenvalue weighted by atomic mass is 9.72. The topological polar surface area (TPSA) is 27.0 Å². The molecule has 0 amide bonds. The Morgan fingerprint density at radius 2 is 1.58 bits per heavy atom. The fourth-order valence-corrected chi connectivity index (χ4v) is 5.05. The second-order valence-corrected chi connectivity index (χ2v) is 9.77. The van der Waals surface area contributed by atoms with Crippen molar-refractivity contribution < 1.29 is 26.3 Å². The van der Waals surface area contributed by atoms with Crippen molar-refractivity contribution in [3.05, 3.63) is 70.8 Å². The van der Waals surface area contributed by atoms with E-state index in [1.165, 1.54) is 5.56 Å². The zero-order valence-electron chi connectivity index (χ0n) is 20.6. The van der Waals surface area contributed by atoms with E-state index in [4.69, 9.17) is 0 Å². The standard InChI is InChI=1S/C28H32F6N2/c1-3-16-36(17-14-21-7-5-4-6-8-21)20(2)13-15-26(19-35,22-9-10-22)23-11-12-24(27(29,30)31)25(18-23)28(32,33)34/h4-8,11-12,18,20,22H,3,9-10,13-17H2,1-2H3. The van der Waals surface area contributed by atoms with Crippen LogP contribution in [0.4, 0.5) is 26.3 Å². The van der Waals surface area contributed by atoms with Crippen LogP contribution in [0.15, 0.2) is 48.5 Å². The minimum atomic E-state index is -5.17. The monoisotopic (exact) mass is 510 g/mol. The Kier molecular flexibility index (Phi) is 8.76. The quantitative estimate of drug-likeness (QED) is 0.286. The maximum atomic E-state index is 13.6. The molecule has 196 valence electrons. The molecule has 0 bridgehead atoms. The van der Waals surface area contributed by atoms with E-state index in [1.807, 2.05) is 25.1 Å². The van der Waals surface area contributed by atoms with Gasteiger partial charge in [0.05, 0.1) is 22.6 Å². The first-order chi connectivity index (χ1) is 16.9. The van der Waals surface area contributed by atoms with E-state index in [-0.39, 0.29) is 17.5 Å². The van der Waals surface area contributed by atoms with Crippen LogP contribution in [0.2, 0.25) is 0 Å². The van der Waals surface area contributed by atoms with Crippen molar-refractivity contribution in [1.29, 1.82) is 5.26 Å². The molecule has 0 heterocycles. The molecule has 1 fully saturated rings. The molecule has 3 rings (SSSR count). The molecule has 2 aromatic carbocycles. The second kappa shape index (κ2) is 11.2. The number of benzene rings is 2. The molecule has 0 N–H and O–H groups in total. The van der Waals surface area contributed by atoms with Crippen molar-refractivity contribution in [1.82, 2.24) is 4.90 Å². The molecule has 0 spiro atoms. The van der Waals surface area contributed by atoms with Crippen LogP contribution in [0, 0.1) is 17.2 Å². The molecule has 2 nitrogen and oxygen atoms in total. The molecule has 8 heteroatoms. The smallest absolute Gasteiger partial charge is 0.300 e. The van der Waals surface area contributed by atoms with Gasteiger partial charge in [-0.15, -0.1) is 0 Å². The van der Waals surface area contributed by atoms with E-state index in [2.05, 4.69) is 30.0 Å². The molecule has 1 aliphatic rings. The van der Waals surface area contributed by atoms with Gasteiger partial charge in [0.15, 0.2) is 0 Å². The highest BCUT2D eigenvalue weighted by Crippen LogP contribution is 2.52. The number of nitriles is 1. The maximum absolute atomic E-state index is 13.6. The fourth-order valence-electron chi connectivity index (χ4n) is 5.05. The van der Waals surface area contributed by atoms with E-state index < -0.39 is 28.9 Å². The van der Waals surface area contributed by atoms with Gasteiger partial charge < -0.3 is 4.90 Å². The third-order valence-corrected chi connectivity index (χ3v) is 7.24. The van der Waals surface area contributed by atoms with E-state index in [0.717, 1.165) is 32.0 Å². The van der Waals surface area contributed by atoms with E-state index >= 15 is 0 Å². The predicted octanol–water partition coefficient (Wildman–Crippen LogP) is 8.02. The van der Waals surface area contributed by atoms with Gasteiger partial charge in [-0.05, 0) is 81.2 Å². The Morgan fingerprint density at radius 1 is 0.944 bits per heavy atom. The van der Waals surface area contributed by atoms with Crippen molar-refractivity contribution in [3.63, 3.8) is 0 Å². The summed E-state index contributed by atoms with van der Waals surface area (Å²) >= 11 is 0. The van der Waals surface area contributed by atoms with Crippen LogP contribution in [0.3, 0.4) is 0 Å². The summed E-state index contributed by atoms with van der Waals surface area (Å²) in [5.41, 5.74) is -3.44. The zero-order valence-corrected chi connectivity index (χ0v) is 20.6. The zero-order chi connectivity index (χ0) is 26.6. The SMILES string of the molecule is CCCN(CCc1ccccc1)C(C)CCC(C#N)(c1ccc(C(F)(F)F)c(C(F)(F)F)c1)C1CC1. The Morgan fingerprint density at radius 3 is 2.11 bits per heavy atom. The summed E-state index contributed by atoms with van der Waals surface area (Å²) in [7, 11) is 0. The average molecular weight is 511 g/mol. The molecule has 0 aliphatic heterocycles. The van der Waals surface area contributed by atoms with Gasteiger partial charge in [-0.25, -0.2) is 0 Å². The first-order valence-corrected chi connectivity index (χ1v) is 12.4. The third kappa shape index (κ3) is 6.61. The molecule has 36 heavy (non-hydrogen) atoms. The van der Waals surface area contributed by atoms with E-state index in [1.54, 1.807) is 0 Å². The Balaban J connectivity index is 1.84. The summed E-state index contributed by atoms with van der Waals surface area (Å²) in [5, 5.41) is 10.2. The highest BCUT2D eigenvalue weighted by atomic mass is 19.4. The van der Waals surface area contributed by atoms with Gasteiger partial charge in [0.25, 0.3) is 0 Å². The largest absolute Gasteiger partial charge is 0.417 e. The van der Waals surface area contributed by atoms with Crippen LogP contribution in [0.25, 0.3) is 0 Å². The lowest BCUT2D eigenvalue weighted by molar-refractivity contribution is -0.162. The van der Waals surface area contributed by atoms with Gasteiger partial charge in [-0.1, -0.05) is 43.3 Å². The van der Waals surface area contributed by atoms with Crippen molar-refractivity contribution in [2.75, 3.05) is 13.1 Å². The Hall–Kier alpha value is -2.53. The van der Waals surface area contributed by atoms with Gasteiger partial charge in [-0.2, -0.15) is 31.6 Å². The van der Waals surface area contributed by atoms with Gasteiger partial charge in [-0.3, -0.25) is 0 Å². The summed E-state index contributed by atoms with van der Waals surface area (Å²) < 4.78 is 80.7. The van der Waals surface area contributed by atoms with Crippen molar-refractivity contribution >= 4 is 0 Å². The normalized spacial score (nSPS) is 17.0. The number of alkyl halides is 6. The van der Waals surface area contributed by atoms with E-state index in [0.29, 0.717) is 37.8 Å². The van der Waals surface area contributed by atoms with Crippen molar-refractivity contribution in [3.8, 4) is 6.07 Å². The van der Waals surface area contributed by atoms with Crippen molar-refractivity contribution in [2.24, 2.45) is 5.92 Å². The molecule has 0 radical (unpaired) electrons. The predicted molar refractivity (Wildman–Crippen MR) is 127 cm³/mol. The summed E-state index contributed by atoms with van der Waals surface area (Å²) in [6.07, 6.45) is -6.32. The minimum Gasteiger partial charge on any atom is -0.300 e. The minimum absolute atomic E-state index is 0.0337. The molecular formula is C28H32F6N2. The number of nitrogens with zero attached hydrogens (tertiary/aromatic N) is 2. The Labute approximate surface area is 208 Å². The summed E-state index contributed by atoms with van der Waals surface area (Å²) in [4.78, 5) is 2.32. The van der Waals surface area contributed by atoms with Gasteiger partial charge >= 0.3 is 12.4 Å². The molecular weight excluding hydrogens is 478 g/mol. The Bertz CT molecular complexity index is 1040. The van der Waals surface area contributed by atoms with Crippen LogP contribution in [-0.4, -0.2) is 24.0 Å². The lowest BCUT2D eigenvalue weighted by Gasteiger charge is -2.33. The molecule has 2 atom stereocenters. The van der Waals surface area contributed by atoms with Gasteiger partial charge in [0.2, 0.25) is 0 Å². The first kappa shape index (κ1) is 28.0. The lowest BCUT2D eigenvalue weighted by Crippen LogP contribution is -2.38. The average Bonchev–Trinajstić information content (AvgIpc) is 3.67. The molecule has 2 aromatic rings. The number of hydrogen-bond acceptors (Lipinski definition) is 2. The van der Waals surface area contributed by atoms with E-state index in [9.17, 15) is 31.6 Å². The van der Waals surface area contributed by atoms with Gasteiger partial charge in [0, 0.05) is 12.6 Å². The molecule has 1 saturated carbocycles.